The Labute approximate surface area is 157 Å². The number of rotatable bonds is 12. The number of unbranched alkanes of at least 4 members (excludes halogenated alkanes) is 2. The molecule has 0 saturated carbocycles. The third-order valence-corrected chi connectivity index (χ3v) is 2.88. The van der Waals surface area contributed by atoms with Crippen molar-refractivity contribution in [3.8, 4) is 0 Å². The summed E-state index contributed by atoms with van der Waals surface area (Å²) in [4.78, 5) is 39.1. The van der Waals surface area contributed by atoms with Crippen LogP contribution in [0.25, 0.3) is 0 Å². The van der Waals surface area contributed by atoms with E-state index in [0.29, 0.717) is 25.9 Å². The Kier molecular flexibility index (Phi) is 21.9. The first-order chi connectivity index (χ1) is 12.5. The van der Waals surface area contributed by atoms with Crippen molar-refractivity contribution in [2.24, 2.45) is 22.9 Å². The second-order valence-corrected chi connectivity index (χ2v) is 5.42. The highest BCUT2D eigenvalue weighted by molar-refractivity contribution is 5.88. The molecule has 12 heteroatoms. The van der Waals surface area contributed by atoms with Gasteiger partial charge in [-0.2, -0.15) is 0 Å². The number of hydrogen-bond acceptors (Lipinski definition) is 8. The van der Waals surface area contributed by atoms with Crippen molar-refractivity contribution in [3.63, 3.8) is 0 Å². The molecule has 0 heterocycles. The van der Waals surface area contributed by atoms with Crippen molar-refractivity contribution in [3.05, 3.63) is 0 Å². The first-order valence-electron chi connectivity index (χ1n) is 8.30. The lowest BCUT2D eigenvalue weighted by Crippen LogP contribution is -2.29. The molecule has 0 amide bonds. The SMILES string of the molecule is NCCCC[C@H](N)C(=O)O.NCCCC[C@H](N)C(=O)O.O=C(O)CC(=O)O. The van der Waals surface area contributed by atoms with Crippen LogP contribution in [0.2, 0.25) is 0 Å². The van der Waals surface area contributed by atoms with Crippen LogP contribution in [-0.4, -0.2) is 69.5 Å². The number of carboxylic acids is 4. The van der Waals surface area contributed by atoms with E-state index in [0.717, 1.165) is 25.7 Å². The Morgan fingerprint density at radius 1 is 0.630 bits per heavy atom. The van der Waals surface area contributed by atoms with Crippen LogP contribution in [0.5, 0.6) is 0 Å². The van der Waals surface area contributed by atoms with Crippen LogP contribution in [0.15, 0.2) is 0 Å². The van der Waals surface area contributed by atoms with E-state index in [-0.39, 0.29) is 0 Å². The average molecular weight is 396 g/mol. The molecule has 0 aliphatic rings. The molecule has 0 aromatic rings. The summed E-state index contributed by atoms with van der Waals surface area (Å²) in [5.41, 5.74) is 20.8. The van der Waals surface area contributed by atoms with E-state index < -0.39 is 42.4 Å². The van der Waals surface area contributed by atoms with Crippen LogP contribution >= 0.6 is 0 Å². The van der Waals surface area contributed by atoms with Crippen LogP contribution in [0.3, 0.4) is 0 Å². The molecule has 0 saturated heterocycles. The molecule has 27 heavy (non-hydrogen) atoms. The first kappa shape index (κ1) is 29.5. The molecule has 0 radical (unpaired) electrons. The molecular formula is C15H32N4O8. The van der Waals surface area contributed by atoms with Gasteiger partial charge in [0.25, 0.3) is 0 Å². The van der Waals surface area contributed by atoms with Crippen LogP contribution < -0.4 is 22.9 Å². The lowest BCUT2D eigenvalue weighted by atomic mass is 10.1. The van der Waals surface area contributed by atoms with E-state index >= 15 is 0 Å². The minimum atomic E-state index is -1.31. The zero-order chi connectivity index (χ0) is 21.8. The van der Waals surface area contributed by atoms with Crippen molar-refractivity contribution in [1.29, 1.82) is 0 Å². The number of carboxylic acid groups (broad SMARTS) is 4. The van der Waals surface area contributed by atoms with Gasteiger partial charge in [-0.25, -0.2) is 0 Å². The fourth-order valence-electron chi connectivity index (χ4n) is 1.39. The monoisotopic (exact) mass is 396 g/mol. The van der Waals surface area contributed by atoms with Crippen molar-refractivity contribution in [2.75, 3.05) is 13.1 Å². The molecule has 0 bridgehead atoms. The summed E-state index contributed by atoms with van der Waals surface area (Å²) in [5.74, 6) is -4.49. The largest absolute Gasteiger partial charge is 0.481 e. The zero-order valence-corrected chi connectivity index (χ0v) is 15.2. The summed E-state index contributed by atoms with van der Waals surface area (Å²) in [6.07, 6.45) is 3.52. The fourth-order valence-corrected chi connectivity index (χ4v) is 1.39. The Morgan fingerprint density at radius 3 is 1.07 bits per heavy atom. The quantitative estimate of drug-likeness (QED) is 0.140. The van der Waals surface area contributed by atoms with Gasteiger partial charge in [0.15, 0.2) is 0 Å². The molecule has 0 aliphatic heterocycles. The van der Waals surface area contributed by atoms with Crippen LogP contribution in [0, 0.1) is 0 Å². The molecule has 0 rings (SSSR count). The number of carbonyl (C=O) groups is 4. The average Bonchev–Trinajstić information content (AvgIpc) is 2.54. The van der Waals surface area contributed by atoms with Crippen molar-refractivity contribution < 1.29 is 39.6 Å². The predicted molar refractivity (Wildman–Crippen MR) is 96.9 cm³/mol. The Morgan fingerprint density at radius 2 is 0.926 bits per heavy atom. The Bertz CT molecular complexity index is 396. The van der Waals surface area contributed by atoms with E-state index in [1.807, 2.05) is 0 Å². The minimum Gasteiger partial charge on any atom is -0.481 e. The van der Waals surface area contributed by atoms with E-state index in [9.17, 15) is 19.2 Å². The topological polar surface area (TPSA) is 253 Å². The zero-order valence-electron chi connectivity index (χ0n) is 15.2. The maximum atomic E-state index is 10.1. The second kappa shape index (κ2) is 20.0. The molecule has 0 aliphatic carbocycles. The van der Waals surface area contributed by atoms with Gasteiger partial charge in [0.05, 0.1) is 0 Å². The third kappa shape index (κ3) is 28.8. The summed E-state index contributed by atoms with van der Waals surface area (Å²) in [6.45, 7) is 1.21. The molecule has 2 atom stereocenters. The fraction of sp³-hybridized carbons (Fsp3) is 0.733. The molecule has 0 unspecified atom stereocenters. The molecule has 0 aromatic heterocycles. The van der Waals surface area contributed by atoms with Gasteiger partial charge in [0, 0.05) is 0 Å². The van der Waals surface area contributed by atoms with Gasteiger partial charge in [-0.1, -0.05) is 12.8 Å². The minimum absolute atomic E-state index is 0.520. The summed E-state index contributed by atoms with van der Waals surface area (Å²) < 4.78 is 0. The van der Waals surface area contributed by atoms with Crippen molar-refractivity contribution >= 4 is 23.9 Å². The molecule has 0 spiro atoms. The molecule has 0 fully saturated rings. The van der Waals surface area contributed by atoms with E-state index in [2.05, 4.69) is 0 Å². The first-order valence-corrected chi connectivity index (χ1v) is 8.30. The predicted octanol–water partition coefficient (Wildman–Crippen LogP) is -1.40. The van der Waals surface area contributed by atoms with Gasteiger partial charge in [-0.15, -0.1) is 0 Å². The van der Waals surface area contributed by atoms with Gasteiger partial charge in [-0.3, -0.25) is 19.2 Å². The maximum Gasteiger partial charge on any atom is 0.320 e. The highest BCUT2D eigenvalue weighted by Gasteiger charge is 2.09. The second-order valence-electron chi connectivity index (χ2n) is 5.42. The van der Waals surface area contributed by atoms with Crippen molar-refractivity contribution in [1.82, 2.24) is 0 Å². The van der Waals surface area contributed by atoms with E-state index in [1.54, 1.807) is 0 Å². The maximum absolute atomic E-state index is 10.1. The van der Waals surface area contributed by atoms with Crippen LogP contribution in [0.4, 0.5) is 0 Å². The van der Waals surface area contributed by atoms with E-state index in [1.165, 1.54) is 0 Å². The molecule has 12 nitrogen and oxygen atoms in total. The summed E-state index contributed by atoms with van der Waals surface area (Å²) >= 11 is 0. The summed E-state index contributed by atoms with van der Waals surface area (Å²) in [5, 5.41) is 32.1. The number of aliphatic carboxylic acids is 4. The molecular weight excluding hydrogens is 364 g/mol. The van der Waals surface area contributed by atoms with Crippen LogP contribution in [-0.2, 0) is 19.2 Å². The molecule has 160 valence electrons. The molecule has 0 aromatic carbocycles. The Balaban J connectivity index is -0.000000326. The Hall–Kier alpha value is -2.28. The van der Waals surface area contributed by atoms with Gasteiger partial charge < -0.3 is 43.4 Å². The molecule has 12 N–H and O–H groups in total. The normalized spacial score (nSPS) is 11.7. The van der Waals surface area contributed by atoms with Crippen molar-refractivity contribution in [2.45, 2.75) is 57.0 Å². The lowest BCUT2D eigenvalue weighted by molar-refractivity contribution is -0.147. The van der Waals surface area contributed by atoms with Gasteiger partial charge in [-0.05, 0) is 38.8 Å². The highest BCUT2D eigenvalue weighted by Crippen LogP contribution is 1.97. The lowest BCUT2D eigenvalue weighted by Gasteiger charge is -2.03. The summed E-state index contributed by atoms with van der Waals surface area (Å²) in [7, 11) is 0. The smallest absolute Gasteiger partial charge is 0.320 e. The number of nitrogens with two attached hydrogens (primary N) is 4. The number of hydrogen-bond donors (Lipinski definition) is 8. The van der Waals surface area contributed by atoms with Crippen LogP contribution in [0.1, 0.15) is 44.9 Å². The van der Waals surface area contributed by atoms with Gasteiger partial charge >= 0.3 is 23.9 Å². The third-order valence-electron chi connectivity index (χ3n) is 2.88. The standard InChI is InChI=1S/2C6H14N2O2.C3H4O4/c2*7-4-2-1-3-5(8)6(9)10;4-2(5)1-3(6)7/h2*5H,1-4,7-8H2,(H,9,10);1H2,(H,4,5)(H,6,7)/t2*5-;/m00./s1. The van der Waals surface area contributed by atoms with Gasteiger partial charge in [0.1, 0.15) is 18.5 Å². The van der Waals surface area contributed by atoms with Gasteiger partial charge in [0.2, 0.25) is 0 Å². The summed E-state index contributed by atoms with van der Waals surface area (Å²) in [6, 6.07) is -1.43. The van der Waals surface area contributed by atoms with E-state index in [4.69, 9.17) is 43.4 Å². The highest BCUT2D eigenvalue weighted by atomic mass is 16.4.